The first-order valence-corrected chi connectivity index (χ1v) is 10.3. The quantitative estimate of drug-likeness (QED) is 0.746. The smallest absolute Gasteiger partial charge is 0.326 e. The lowest BCUT2D eigenvalue weighted by molar-refractivity contribution is -0.139. The van der Waals surface area contributed by atoms with Crippen LogP contribution >= 0.6 is 24.0 Å². The van der Waals surface area contributed by atoms with Crippen LogP contribution in [0.15, 0.2) is 23.0 Å². The van der Waals surface area contributed by atoms with E-state index in [-0.39, 0.29) is 11.5 Å². The minimum absolute atomic E-state index is 0.0596. The zero-order valence-electron chi connectivity index (χ0n) is 14.2. The molecule has 3 heterocycles. The second kappa shape index (κ2) is 7.78. The second-order valence-electron chi connectivity index (χ2n) is 6.72. The fourth-order valence-corrected chi connectivity index (χ4v) is 4.56. The van der Waals surface area contributed by atoms with E-state index in [0.717, 1.165) is 31.0 Å². The fourth-order valence-electron chi connectivity index (χ4n) is 3.80. The monoisotopic (exact) mass is 381 g/mol. The van der Waals surface area contributed by atoms with Crippen molar-refractivity contribution in [1.82, 2.24) is 14.8 Å². The molecular formula is C17H23N3O3S2. The number of fused-ring (bicyclic) bond motifs is 4. The van der Waals surface area contributed by atoms with Gasteiger partial charge in [0.2, 0.25) is 0 Å². The summed E-state index contributed by atoms with van der Waals surface area (Å²) in [7, 11) is 0. The Morgan fingerprint density at radius 1 is 1.44 bits per heavy atom. The lowest BCUT2D eigenvalue weighted by Crippen LogP contribution is -2.54. The number of nitrogens with one attached hydrogen (secondary N) is 1. The Morgan fingerprint density at radius 3 is 2.96 bits per heavy atom. The summed E-state index contributed by atoms with van der Waals surface area (Å²) in [4.78, 5) is 25.6. The van der Waals surface area contributed by atoms with Crippen molar-refractivity contribution in [2.24, 2.45) is 5.92 Å². The Morgan fingerprint density at radius 2 is 2.24 bits per heavy atom. The van der Waals surface area contributed by atoms with E-state index in [1.165, 1.54) is 0 Å². The number of thioether (sulfide) groups is 1. The van der Waals surface area contributed by atoms with E-state index >= 15 is 0 Å². The summed E-state index contributed by atoms with van der Waals surface area (Å²) in [5.41, 5.74) is 1.12. The molecule has 25 heavy (non-hydrogen) atoms. The zero-order valence-corrected chi connectivity index (χ0v) is 15.8. The normalized spacial score (nSPS) is 22.8. The first-order chi connectivity index (χ1) is 12.0. The SMILES string of the molecule is CSCCC(NC(=S)N1C[C@@H]2C[C@@H](C1)c1cccc(=O)n1C2)C(=O)O. The molecule has 136 valence electrons. The van der Waals surface area contributed by atoms with Crippen molar-refractivity contribution in [1.29, 1.82) is 0 Å². The van der Waals surface area contributed by atoms with Crippen LogP contribution < -0.4 is 10.9 Å². The van der Waals surface area contributed by atoms with E-state index in [1.54, 1.807) is 17.8 Å². The Balaban J connectivity index is 1.70. The number of thiocarbonyl (C=S) groups is 1. The van der Waals surface area contributed by atoms with Crippen molar-refractivity contribution in [3.05, 3.63) is 34.2 Å². The minimum Gasteiger partial charge on any atom is -0.480 e. The van der Waals surface area contributed by atoms with Crippen LogP contribution in [0.3, 0.4) is 0 Å². The van der Waals surface area contributed by atoms with Gasteiger partial charge in [-0.3, -0.25) is 4.79 Å². The molecule has 1 fully saturated rings. The Hall–Kier alpha value is -1.54. The number of likely N-dealkylation sites (tertiary alicyclic amines) is 1. The van der Waals surface area contributed by atoms with Crippen LogP contribution in [0.4, 0.5) is 0 Å². The van der Waals surface area contributed by atoms with Crippen molar-refractivity contribution < 1.29 is 9.90 Å². The molecule has 0 saturated carbocycles. The molecule has 1 unspecified atom stereocenters. The van der Waals surface area contributed by atoms with E-state index in [2.05, 4.69) is 10.2 Å². The van der Waals surface area contributed by atoms with E-state index in [9.17, 15) is 14.7 Å². The van der Waals surface area contributed by atoms with E-state index in [0.29, 0.717) is 24.0 Å². The summed E-state index contributed by atoms with van der Waals surface area (Å²) in [6.45, 7) is 2.19. The molecule has 2 N–H and O–H groups in total. The van der Waals surface area contributed by atoms with Gasteiger partial charge < -0.3 is 19.9 Å². The Bertz CT molecular complexity index is 721. The van der Waals surface area contributed by atoms with Crippen LogP contribution in [0, 0.1) is 5.92 Å². The summed E-state index contributed by atoms with van der Waals surface area (Å²) in [5.74, 6) is 0.524. The number of pyridine rings is 1. The number of rotatable bonds is 5. The van der Waals surface area contributed by atoms with Crippen molar-refractivity contribution in [2.75, 3.05) is 25.1 Å². The molecule has 0 aliphatic carbocycles. The van der Waals surface area contributed by atoms with Crippen LogP contribution in [-0.2, 0) is 11.3 Å². The van der Waals surface area contributed by atoms with Gasteiger partial charge in [0.15, 0.2) is 5.11 Å². The number of piperidine rings is 1. The van der Waals surface area contributed by atoms with E-state index in [1.807, 2.05) is 23.0 Å². The van der Waals surface area contributed by atoms with Gasteiger partial charge in [-0.2, -0.15) is 11.8 Å². The third kappa shape index (κ3) is 4.00. The van der Waals surface area contributed by atoms with Gasteiger partial charge in [-0.1, -0.05) is 6.07 Å². The minimum atomic E-state index is -0.870. The van der Waals surface area contributed by atoms with Crippen molar-refractivity contribution in [3.8, 4) is 0 Å². The summed E-state index contributed by atoms with van der Waals surface area (Å²) in [5, 5.41) is 12.9. The maximum Gasteiger partial charge on any atom is 0.326 e. The van der Waals surface area contributed by atoms with Crippen LogP contribution in [0.1, 0.15) is 24.5 Å². The standard InChI is InChI=1S/C17H23N3O3S2/c1-25-6-5-13(16(22)23)18-17(24)19-8-11-7-12(10-19)14-3-2-4-15(21)20(14)9-11/h2-4,11-13H,5-10H2,1H3,(H,18,24)(H,22,23)/t11-,12-,13?/m0/s1. The predicted octanol–water partition coefficient (Wildman–Crippen LogP) is 1.35. The number of carboxylic acids is 1. The molecule has 0 aromatic carbocycles. The Kier molecular flexibility index (Phi) is 5.68. The van der Waals surface area contributed by atoms with Gasteiger partial charge in [0, 0.05) is 37.3 Å². The highest BCUT2D eigenvalue weighted by Gasteiger charge is 2.35. The van der Waals surface area contributed by atoms with Crippen LogP contribution in [0.5, 0.6) is 0 Å². The first kappa shape index (κ1) is 18.3. The fraction of sp³-hybridized carbons (Fsp3) is 0.588. The van der Waals surface area contributed by atoms with Crippen LogP contribution in [0.2, 0.25) is 0 Å². The molecule has 6 nitrogen and oxygen atoms in total. The molecule has 0 spiro atoms. The number of hydrogen-bond acceptors (Lipinski definition) is 4. The molecule has 3 rings (SSSR count). The number of hydrogen-bond donors (Lipinski definition) is 2. The van der Waals surface area contributed by atoms with Crippen LogP contribution in [-0.4, -0.2) is 56.8 Å². The molecule has 0 radical (unpaired) electrons. The summed E-state index contributed by atoms with van der Waals surface area (Å²) in [6, 6.07) is 4.78. The average Bonchev–Trinajstić information content (AvgIpc) is 2.59. The molecule has 2 aliphatic heterocycles. The third-order valence-corrected chi connectivity index (χ3v) is 5.99. The molecular weight excluding hydrogens is 358 g/mol. The molecule has 3 atom stereocenters. The molecule has 1 aromatic rings. The van der Waals surface area contributed by atoms with E-state index < -0.39 is 12.0 Å². The predicted molar refractivity (Wildman–Crippen MR) is 103 cm³/mol. The van der Waals surface area contributed by atoms with Gasteiger partial charge in [-0.05, 0) is 49.1 Å². The topological polar surface area (TPSA) is 74.6 Å². The van der Waals surface area contributed by atoms with Gasteiger partial charge in [0.1, 0.15) is 6.04 Å². The molecule has 1 saturated heterocycles. The van der Waals surface area contributed by atoms with E-state index in [4.69, 9.17) is 12.2 Å². The highest BCUT2D eigenvalue weighted by atomic mass is 32.2. The highest BCUT2D eigenvalue weighted by Crippen LogP contribution is 2.34. The van der Waals surface area contributed by atoms with Gasteiger partial charge in [0.25, 0.3) is 5.56 Å². The van der Waals surface area contributed by atoms with Crippen molar-refractivity contribution in [2.45, 2.75) is 31.3 Å². The van der Waals surface area contributed by atoms with Crippen molar-refractivity contribution >= 4 is 35.1 Å². The van der Waals surface area contributed by atoms with Crippen LogP contribution in [0.25, 0.3) is 0 Å². The second-order valence-corrected chi connectivity index (χ2v) is 8.10. The summed E-state index contributed by atoms with van der Waals surface area (Å²) >= 11 is 7.12. The van der Waals surface area contributed by atoms with Gasteiger partial charge >= 0.3 is 5.97 Å². The van der Waals surface area contributed by atoms with Gasteiger partial charge in [0.05, 0.1) is 0 Å². The number of carbonyl (C=O) groups is 1. The maximum atomic E-state index is 12.1. The third-order valence-electron chi connectivity index (χ3n) is 4.97. The highest BCUT2D eigenvalue weighted by molar-refractivity contribution is 7.98. The number of aromatic nitrogens is 1. The molecule has 1 aromatic heterocycles. The summed E-state index contributed by atoms with van der Waals surface area (Å²) < 4.78 is 1.88. The van der Waals surface area contributed by atoms with Crippen molar-refractivity contribution in [3.63, 3.8) is 0 Å². The number of nitrogens with zero attached hydrogens (tertiary/aromatic N) is 2. The van der Waals surface area contributed by atoms with Gasteiger partial charge in [-0.25, -0.2) is 4.79 Å². The Labute approximate surface area is 156 Å². The largest absolute Gasteiger partial charge is 0.480 e. The summed E-state index contributed by atoms with van der Waals surface area (Å²) in [6.07, 6.45) is 3.55. The van der Waals surface area contributed by atoms with Gasteiger partial charge in [-0.15, -0.1) is 0 Å². The maximum absolute atomic E-state index is 12.1. The molecule has 0 amide bonds. The molecule has 2 bridgehead atoms. The lowest BCUT2D eigenvalue weighted by Gasteiger charge is -2.44. The molecule has 8 heteroatoms. The first-order valence-electron chi connectivity index (χ1n) is 8.46. The average molecular weight is 382 g/mol. The zero-order chi connectivity index (χ0) is 18.0. The number of carboxylic acid groups (broad SMARTS) is 1. The molecule has 2 aliphatic rings. The lowest BCUT2D eigenvalue weighted by atomic mass is 9.83. The number of aliphatic carboxylic acids is 1.